The van der Waals surface area contributed by atoms with Crippen LogP contribution < -0.4 is 0 Å². The van der Waals surface area contributed by atoms with Gasteiger partial charge in [-0.2, -0.15) is 0 Å². The van der Waals surface area contributed by atoms with Gasteiger partial charge < -0.3 is 5.11 Å². The fourth-order valence-electron chi connectivity index (χ4n) is 1.98. The van der Waals surface area contributed by atoms with E-state index in [9.17, 15) is 5.11 Å². The van der Waals surface area contributed by atoms with Gasteiger partial charge in [-0.05, 0) is 30.5 Å². The molecule has 0 aliphatic rings. The fourth-order valence-corrected chi connectivity index (χ4v) is 2.24. The van der Waals surface area contributed by atoms with Crippen LogP contribution >= 0.6 is 11.6 Å². The molecule has 0 saturated carbocycles. The minimum atomic E-state index is -0.555. The van der Waals surface area contributed by atoms with Crippen molar-refractivity contribution in [2.45, 2.75) is 26.4 Å². The Morgan fingerprint density at radius 2 is 1.72 bits per heavy atom. The molecule has 2 rings (SSSR count). The largest absolute Gasteiger partial charge is 0.388 e. The topological polar surface area (TPSA) is 20.2 Å². The predicted molar refractivity (Wildman–Crippen MR) is 76.0 cm³/mol. The van der Waals surface area contributed by atoms with E-state index in [-0.39, 0.29) is 0 Å². The van der Waals surface area contributed by atoms with E-state index >= 15 is 0 Å². The number of aliphatic hydroxyl groups excluding tert-OH is 1. The molecule has 2 heteroatoms. The molecule has 0 fully saturated rings. The molecule has 0 amide bonds. The van der Waals surface area contributed by atoms with E-state index in [1.807, 2.05) is 37.3 Å². The molecule has 0 spiro atoms. The number of benzene rings is 2. The summed E-state index contributed by atoms with van der Waals surface area (Å²) in [6, 6.07) is 14.0. The summed E-state index contributed by atoms with van der Waals surface area (Å²) >= 11 is 6.22. The summed E-state index contributed by atoms with van der Waals surface area (Å²) in [5, 5.41) is 10.9. The SMILES string of the molecule is Cc1ccc(CC(O)c2cccc(C)c2Cl)cc1. The van der Waals surface area contributed by atoms with Crippen LogP contribution in [0.15, 0.2) is 42.5 Å². The van der Waals surface area contributed by atoms with E-state index in [1.54, 1.807) is 0 Å². The zero-order valence-corrected chi connectivity index (χ0v) is 11.4. The van der Waals surface area contributed by atoms with Gasteiger partial charge in [0.2, 0.25) is 0 Å². The second-order valence-electron chi connectivity index (χ2n) is 4.68. The maximum Gasteiger partial charge on any atom is 0.0844 e. The smallest absolute Gasteiger partial charge is 0.0844 e. The van der Waals surface area contributed by atoms with E-state index in [0.717, 1.165) is 16.7 Å². The molecule has 1 atom stereocenters. The molecular formula is C16H17ClO. The van der Waals surface area contributed by atoms with Crippen LogP contribution in [0.2, 0.25) is 5.02 Å². The fraction of sp³-hybridized carbons (Fsp3) is 0.250. The molecule has 0 radical (unpaired) electrons. The molecule has 0 saturated heterocycles. The molecule has 1 nitrogen and oxygen atoms in total. The molecule has 1 unspecified atom stereocenters. The number of aryl methyl sites for hydroxylation is 2. The molecule has 0 aromatic heterocycles. The summed E-state index contributed by atoms with van der Waals surface area (Å²) in [4.78, 5) is 0. The van der Waals surface area contributed by atoms with Crippen molar-refractivity contribution in [1.29, 1.82) is 0 Å². The Morgan fingerprint density at radius 1 is 1.06 bits per heavy atom. The van der Waals surface area contributed by atoms with Gasteiger partial charge in [0.25, 0.3) is 0 Å². The summed E-state index contributed by atoms with van der Waals surface area (Å²) in [7, 11) is 0. The van der Waals surface area contributed by atoms with Crippen LogP contribution in [0.5, 0.6) is 0 Å². The standard InChI is InChI=1S/C16H17ClO/c1-11-6-8-13(9-7-11)10-15(18)14-5-3-4-12(2)16(14)17/h3-9,15,18H,10H2,1-2H3. The monoisotopic (exact) mass is 260 g/mol. The van der Waals surface area contributed by atoms with E-state index < -0.39 is 6.10 Å². The Balaban J connectivity index is 2.19. The molecule has 0 aliphatic heterocycles. The van der Waals surface area contributed by atoms with Gasteiger partial charge in [-0.25, -0.2) is 0 Å². The summed E-state index contributed by atoms with van der Waals surface area (Å²) in [5.41, 5.74) is 4.14. The average Bonchev–Trinajstić information content (AvgIpc) is 2.35. The van der Waals surface area contributed by atoms with Crippen LogP contribution in [0.25, 0.3) is 0 Å². The van der Waals surface area contributed by atoms with Crippen molar-refractivity contribution in [3.05, 3.63) is 69.7 Å². The summed E-state index contributed by atoms with van der Waals surface area (Å²) in [6.07, 6.45) is 0.0313. The highest BCUT2D eigenvalue weighted by molar-refractivity contribution is 6.32. The summed E-state index contributed by atoms with van der Waals surface area (Å²) < 4.78 is 0. The van der Waals surface area contributed by atoms with Gasteiger partial charge >= 0.3 is 0 Å². The lowest BCUT2D eigenvalue weighted by atomic mass is 9.99. The third-order valence-electron chi connectivity index (χ3n) is 3.13. The Kier molecular flexibility index (Phi) is 4.05. The molecule has 2 aromatic rings. The van der Waals surface area contributed by atoms with E-state index in [1.165, 1.54) is 5.56 Å². The third-order valence-corrected chi connectivity index (χ3v) is 3.65. The molecular weight excluding hydrogens is 244 g/mol. The highest BCUT2D eigenvalue weighted by Crippen LogP contribution is 2.28. The normalized spacial score (nSPS) is 12.4. The van der Waals surface area contributed by atoms with Crippen LogP contribution in [-0.2, 0) is 6.42 Å². The van der Waals surface area contributed by atoms with Gasteiger partial charge in [0.1, 0.15) is 0 Å². The first-order chi connectivity index (χ1) is 8.58. The van der Waals surface area contributed by atoms with Gasteiger partial charge in [-0.3, -0.25) is 0 Å². The molecule has 94 valence electrons. The average molecular weight is 261 g/mol. The lowest BCUT2D eigenvalue weighted by Gasteiger charge is -2.14. The second-order valence-corrected chi connectivity index (χ2v) is 5.06. The minimum absolute atomic E-state index is 0.555. The van der Waals surface area contributed by atoms with Crippen LogP contribution in [0.4, 0.5) is 0 Å². The highest BCUT2D eigenvalue weighted by atomic mass is 35.5. The van der Waals surface area contributed by atoms with Crippen LogP contribution in [0.3, 0.4) is 0 Å². The van der Waals surface area contributed by atoms with Crippen LogP contribution in [-0.4, -0.2) is 5.11 Å². The highest BCUT2D eigenvalue weighted by Gasteiger charge is 2.13. The minimum Gasteiger partial charge on any atom is -0.388 e. The second kappa shape index (κ2) is 5.55. The maximum atomic E-state index is 10.3. The van der Waals surface area contributed by atoms with Gasteiger partial charge in [0.15, 0.2) is 0 Å². The molecule has 18 heavy (non-hydrogen) atoms. The lowest BCUT2D eigenvalue weighted by molar-refractivity contribution is 0.178. The van der Waals surface area contributed by atoms with Crippen molar-refractivity contribution in [1.82, 2.24) is 0 Å². The van der Waals surface area contributed by atoms with Crippen molar-refractivity contribution in [3.63, 3.8) is 0 Å². The number of rotatable bonds is 3. The number of hydrogen-bond acceptors (Lipinski definition) is 1. The Bertz CT molecular complexity index is 531. The summed E-state index contributed by atoms with van der Waals surface area (Å²) in [5.74, 6) is 0. The van der Waals surface area contributed by atoms with Gasteiger partial charge in [0, 0.05) is 11.4 Å². The van der Waals surface area contributed by atoms with Crippen LogP contribution in [0, 0.1) is 13.8 Å². The maximum absolute atomic E-state index is 10.3. The Hall–Kier alpha value is -1.31. The first kappa shape index (κ1) is 13.1. The van der Waals surface area contributed by atoms with Gasteiger partial charge in [-0.15, -0.1) is 0 Å². The third kappa shape index (κ3) is 2.92. The quantitative estimate of drug-likeness (QED) is 0.876. The van der Waals surface area contributed by atoms with Gasteiger partial charge in [0.05, 0.1) is 6.10 Å². The van der Waals surface area contributed by atoms with Crippen LogP contribution in [0.1, 0.15) is 28.4 Å². The van der Waals surface area contributed by atoms with Crippen molar-refractivity contribution >= 4 is 11.6 Å². The number of hydrogen-bond donors (Lipinski definition) is 1. The number of halogens is 1. The number of aliphatic hydroxyl groups is 1. The van der Waals surface area contributed by atoms with E-state index in [0.29, 0.717) is 11.4 Å². The molecule has 0 aliphatic carbocycles. The molecule has 0 bridgehead atoms. The first-order valence-corrected chi connectivity index (χ1v) is 6.44. The molecule has 1 N–H and O–H groups in total. The zero-order chi connectivity index (χ0) is 13.1. The first-order valence-electron chi connectivity index (χ1n) is 6.06. The zero-order valence-electron chi connectivity index (χ0n) is 10.7. The molecule has 2 aromatic carbocycles. The van der Waals surface area contributed by atoms with E-state index in [4.69, 9.17) is 11.6 Å². The molecule has 0 heterocycles. The van der Waals surface area contributed by atoms with Crippen molar-refractivity contribution in [2.24, 2.45) is 0 Å². The van der Waals surface area contributed by atoms with E-state index in [2.05, 4.69) is 19.1 Å². The lowest BCUT2D eigenvalue weighted by Crippen LogP contribution is -2.03. The summed E-state index contributed by atoms with van der Waals surface area (Å²) in [6.45, 7) is 4.00. The van der Waals surface area contributed by atoms with Crippen molar-refractivity contribution < 1.29 is 5.11 Å². The Labute approximate surface area is 113 Å². The predicted octanol–water partition coefficient (Wildman–Crippen LogP) is 4.23. The van der Waals surface area contributed by atoms with Crippen molar-refractivity contribution in [3.8, 4) is 0 Å². The van der Waals surface area contributed by atoms with Crippen molar-refractivity contribution in [2.75, 3.05) is 0 Å². The van der Waals surface area contributed by atoms with Gasteiger partial charge in [-0.1, -0.05) is 59.6 Å². The Morgan fingerprint density at radius 3 is 2.39 bits per heavy atom.